The molecule has 56 valence electrons. The molecule has 3 heteroatoms. The average molecular weight is 140 g/mol. The van der Waals surface area contributed by atoms with E-state index in [9.17, 15) is 4.79 Å². The summed E-state index contributed by atoms with van der Waals surface area (Å²) in [4.78, 5) is 10.7. The molecule has 0 spiro atoms. The summed E-state index contributed by atoms with van der Waals surface area (Å²) >= 11 is 0. The van der Waals surface area contributed by atoms with Crippen molar-refractivity contribution in [3.8, 4) is 12.3 Å². The normalized spacial score (nSPS) is 11.7. The Morgan fingerprint density at radius 2 is 2.50 bits per heavy atom. The van der Waals surface area contributed by atoms with Crippen LogP contribution in [-0.4, -0.2) is 18.5 Å². The van der Waals surface area contributed by atoms with Gasteiger partial charge < -0.3 is 11.1 Å². The number of nitrogens with two attached hydrogens (primary N) is 1. The topological polar surface area (TPSA) is 55.1 Å². The minimum absolute atomic E-state index is 0.157. The molecule has 0 unspecified atom stereocenters. The van der Waals surface area contributed by atoms with Crippen LogP contribution in [0, 0.1) is 12.3 Å². The summed E-state index contributed by atoms with van der Waals surface area (Å²) < 4.78 is 0. The van der Waals surface area contributed by atoms with Crippen molar-refractivity contribution in [3.05, 3.63) is 0 Å². The van der Waals surface area contributed by atoms with Crippen molar-refractivity contribution >= 4 is 5.91 Å². The second-order valence-electron chi connectivity index (χ2n) is 2.03. The first-order valence-electron chi connectivity index (χ1n) is 3.15. The fraction of sp³-hybridized carbons (Fsp3) is 0.571. The van der Waals surface area contributed by atoms with Crippen LogP contribution in [0.2, 0.25) is 0 Å². The van der Waals surface area contributed by atoms with Gasteiger partial charge in [0, 0.05) is 13.0 Å². The van der Waals surface area contributed by atoms with Crippen LogP contribution < -0.4 is 11.1 Å². The Hall–Kier alpha value is -1.01. The Bertz CT molecular complexity index is 146. The number of amides is 1. The zero-order valence-electron chi connectivity index (χ0n) is 6.05. The molecule has 0 aromatic rings. The van der Waals surface area contributed by atoms with E-state index in [-0.39, 0.29) is 5.91 Å². The average Bonchev–Trinajstić information content (AvgIpc) is 1.88. The predicted octanol–water partition coefficient (Wildman–Crippen LogP) is -0.527. The lowest BCUT2D eigenvalue weighted by Gasteiger charge is -2.04. The maximum Gasteiger partial charge on any atom is 0.236 e. The molecule has 0 aliphatic carbocycles. The fourth-order valence-electron chi connectivity index (χ4n) is 0.419. The van der Waals surface area contributed by atoms with Crippen LogP contribution in [-0.2, 0) is 4.79 Å². The van der Waals surface area contributed by atoms with Gasteiger partial charge in [-0.15, -0.1) is 12.3 Å². The van der Waals surface area contributed by atoms with E-state index in [1.165, 1.54) is 0 Å². The molecule has 0 fully saturated rings. The first-order chi connectivity index (χ1) is 4.68. The minimum atomic E-state index is -0.447. The molecule has 1 amide bonds. The Morgan fingerprint density at radius 3 is 2.90 bits per heavy atom. The van der Waals surface area contributed by atoms with Crippen molar-refractivity contribution in [3.63, 3.8) is 0 Å². The van der Waals surface area contributed by atoms with Gasteiger partial charge in [-0.05, 0) is 6.92 Å². The third-order valence-corrected chi connectivity index (χ3v) is 0.982. The highest BCUT2D eigenvalue weighted by atomic mass is 16.2. The van der Waals surface area contributed by atoms with E-state index in [2.05, 4.69) is 11.2 Å². The standard InChI is InChI=1S/C7H12N2O/c1-3-4-5-9-7(10)6(2)8/h1,6H,4-5,8H2,2H3,(H,9,10)/t6-/m0/s1. The lowest BCUT2D eigenvalue weighted by molar-refractivity contribution is -0.121. The number of carbonyl (C=O) groups excluding carboxylic acids is 1. The molecule has 0 bridgehead atoms. The molecule has 3 N–H and O–H groups in total. The first kappa shape index (κ1) is 8.99. The number of nitrogens with one attached hydrogen (secondary N) is 1. The summed E-state index contributed by atoms with van der Waals surface area (Å²) in [5.41, 5.74) is 5.25. The van der Waals surface area contributed by atoms with E-state index < -0.39 is 6.04 Å². The molecule has 0 saturated heterocycles. The number of carbonyl (C=O) groups is 1. The van der Waals surface area contributed by atoms with Crippen LogP contribution in [0.25, 0.3) is 0 Å². The van der Waals surface area contributed by atoms with Crippen molar-refractivity contribution in [1.29, 1.82) is 0 Å². The molecule has 0 aromatic heterocycles. The van der Waals surface area contributed by atoms with Gasteiger partial charge in [0.1, 0.15) is 0 Å². The maximum atomic E-state index is 10.7. The van der Waals surface area contributed by atoms with E-state index in [4.69, 9.17) is 12.2 Å². The summed E-state index contributed by atoms with van der Waals surface area (Å²) in [6.45, 7) is 2.14. The Morgan fingerprint density at radius 1 is 1.90 bits per heavy atom. The highest BCUT2D eigenvalue weighted by Crippen LogP contribution is 1.75. The SMILES string of the molecule is C#CCCNC(=O)[C@H](C)N. The van der Waals surface area contributed by atoms with Gasteiger partial charge in [0.25, 0.3) is 0 Å². The van der Waals surface area contributed by atoms with E-state index in [0.29, 0.717) is 13.0 Å². The summed E-state index contributed by atoms with van der Waals surface area (Å²) in [7, 11) is 0. The van der Waals surface area contributed by atoms with Crippen molar-refractivity contribution in [2.24, 2.45) is 5.73 Å². The van der Waals surface area contributed by atoms with Crippen LogP contribution in [0.3, 0.4) is 0 Å². The molecular formula is C7H12N2O. The minimum Gasteiger partial charge on any atom is -0.354 e. The smallest absolute Gasteiger partial charge is 0.236 e. The third kappa shape index (κ3) is 3.93. The van der Waals surface area contributed by atoms with Crippen LogP contribution >= 0.6 is 0 Å². The van der Waals surface area contributed by atoms with E-state index in [0.717, 1.165) is 0 Å². The Balaban J connectivity index is 3.33. The number of hydrogen-bond acceptors (Lipinski definition) is 2. The van der Waals surface area contributed by atoms with Gasteiger partial charge in [0.15, 0.2) is 0 Å². The molecule has 0 aliphatic heterocycles. The van der Waals surface area contributed by atoms with E-state index in [1.807, 2.05) is 0 Å². The molecule has 0 radical (unpaired) electrons. The van der Waals surface area contributed by atoms with Crippen molar-refractivity contribution in [2.45, 2.75) is 19.4 Å². The molecule has 10 heavy (non-hydrogen) atoms. The van der Waals surface area contributed by atoms with Crippen LogP contribution in [0.4, 0.5) is 0 Å². The Labute approximate surface area is 61.0 Å². The molecule has 0 aliphatic rings. The molecule has 3 nitrogen and oxygen atoms in total. The molecular weight excluding hydrogens is 128 g/mol. The zero-order valence-corrected chi connectivity index (χ0v) is 6.05. The van der Waals surface area contributed by atoms with Crippen LogP contribution in [0.1, 0.15) is 13.3 Å². The lowest BCUT2D eigenvalue weighted by Crippen LogP contribution is -2.38. The van der Waals surface area contributed by atoms with Crippen molar-refractivity contribution < 1.29 is 4.79 Å². The van der Waals surface area contributed by atoms with Crippen molar-refractivity contribution in [1.82, 2.24) is 5.32 Å². The van der Waals surface area contributed by atoms with Gasteiger partial charge in [-0.3, -0.25) is 4.79 Å². The fourth-order valence-corrected chi connectivity index (χ4v) is 0.419. The predicted molar refractivity (Wildman–Crippen MR) is 40.1 cm³/mol. The maximum absolute atomic E-state index is 10.7. The zero-order chi connectivity index (χ0) is 7.98. The number of hydrogen-bond donors (Lipinski definition) is 2. The Kier molecular flexibility index (Phi) is 4.34. The summed E-state index contributed by atoms with van der Waals surface area (Å²) in [6.07, 6.45) is 5.51. The third-order valence-electron chi connectivity index (χ3n) is 0.982. The second-order valence-corrected chi connectivity index (χ2v) is 2.03. The molecule has 0 aromatic carbocycles. The number of terminal acetylenes is 1. The van der Waals surface area contributed by atoms with Crippen LogP contribution in [0.5, 0.6) is 0 Å². The lowest BCUT2D eigenvalue weighted by atomic mass is 10.3. The highest BCUT2D eigenvalue weighted by Gasteiger charge is 2.03. The van der Waals surface area contributed by atoms with Gasteiger partial charge in [0.05, 0.1) is 6.04 Å². The second kappa shape index (κ2) is 4.83. The van der Waals surface area contributed by atoms with Crippen LogP contribution in [0.15, 0.2) is 0 Å². The van der Waals surface area contributed by atoms with Gasteiger partial charge in [-0.25, -0.2) is 0 Å². The molecule has 0 saturated carbocycles. The van der Waals surface area contributed by atoms with E-state index >= 15 is 0 Å². The summed E-state index contributed by atoms with van der Waals surface area (Å²) in [5, 5.41) is 2.58. The van der Waals surface area contributed by atoms with Gasteiger partial charge in [-0.2, -0.15) is 0 Å². The first-order valence-corrected chi connectivity index (χ1v) is 3.15. The van der Waals surface area contributed by atoms with E-state index in [1.54, 1.807) is 6.92 Å². The van der Waals surface area contributed by atoms with Gasteiger partial charge in [0.2, 0.25) is 5.91 Å². The highest BCUT2D eigenvalue weighted by molar-refractivity contribution is 5.80. The summed E-state index contributed by atoms with van der Waals surface area (Å²) in [6, 6.07) is -0.447. The van der Waals surface area contributed by atoms with Gasteiger partial charge in [-0.1, -0.05) is 0 Å². The summed E-state index contributed by atoms with van der Waals surface area (Å²) in [5.74, 6) is 2.25. The quantitative estimate of drug-likeness (QED) is 0.409. The van der Waals surface area contributed by atoms with Crippen molar-refractivity contribution in [2.75, 3.05) is 6.54 Å². The molecule has 0 rings (SSSR count). The largest absolute Gasteiger partial charge is 0.354 e. The molecule has 0 heterocycles. The monoisotopic (exact) mass is 140 g/mol. The number of rotatable bonds is 3. The van der Waals surface area contributed by atoms with Gasteiger partial charge >= 0.3 is 0 Å². The molecule has 1 atom stereocenters.